The van der Waals surface area contributed by atoms with Crippen LogP contribution in [0.15, 0.2) is 77.7 Å². The Balaban J connectivity index is 1.83. The summed E-state index contributed by atoms with van der Waals surface area (Å²) in [5.41, 5.74) is 9.65. The number of hydroxylamine groups is 1. The molecule has 174 valence electrons. The van der Waals surface area contributed by atoms with Crippen LogP contribution in [0.1, 0.15) is 5.56 Å². The Kier molecular flexibility index (Phi) is 6.15. The highest BCUT2D eigenvalue weighted by Crippen LogP contribution is 2.32. The number of aryl methyl sites for hydroxylation is 1. The van der Waals surface area contributed by atoms with Gasteiger partial charge in [0.15, 0.2) is 0 Å². The van der Waals surface area contributed by atoms with Gasteiger partial charge in [-0.1, -0.05) is 35.9 Å². The van der Waals surface area contributed by atoms with Crippen LogP contribution in [-0.4, -0.2) is 29.4 Å². The average Bonchev–Trinajstić information content (AvgIpc) is 3.25. The molecule has 1 heterocycles. The van der Waals surface area contributed by atoms with Gasteiger partial charge in [0, 0.05) is 16.1 Å². The van der Waals surface area contributed by atoms with Crippen LogP contribution < -0.4 is 15.9 Å². The lowest BCUT2D eigenvalue weighted by atomic mass is 10.1. The van der Waals surface area contributed by atoms with E-state index in [0.29, 0.717) is 32.7 Å². The number of nitrogens with zero attached hydrogens (tertiary/aromatic N) is 3. The number of primary sulfonamides is 1. The van der Waals surface area contributed by atoms with Crippen LogP contribution in [0, 0.1) is 6.92 Å². The molecule has 0 aliphatic rings. The highest BCUT2D eigenvalue weighted by molar-refractivity contribution is 7.89. The van der Waals surface area contributed by atoms with Gasteiger partial charge in [0.1, 0.15) is 0 Å². The van der Waals surface area contributed by atoms with Crippen LogP contribution in [0.25, 0.3) is 28.2 Å². The first-order chi connectivity index (χ1) is 16.0. The topological polar surface area (TPSA) is 145 Å². The van der Waals surface area contributed by atoms with Crippen molar-refractivity contribution in [3.63, 3.8) is 0 Å². The Bertz CT molecular complexity index is 1480. The third-order valence-corrected chi connectivity index (χ3v) is 6.54. The molecule has 3 aromatic carbocycles. The molecule has 9 nitrogen and oxygen atoms in total. The van der Waals surface area contributed by atoms with Gasteiger partial charge >= 0.3 is 6.03 Å². The van der Waals surface area contributed by atoms with E-state index >= 15 is 0 Å². The monoisotopic (exact) mass is 497 g/mol. The number of aromatic nitrogens is 2. The third-order valence-electron chi connectivity index (χ3n) is 5.20. The molecule has 5 N–H and O–H groups in total. The van der Waals surface area contributed by atoms with Gasteiger partial charge in [0.25, 0.3) is 0 Å². The van der Waals surface area contributed by atoms with Crippen LogP contribution >= 0.6 is 11.6 Å². The van der Waals surface area contributed by atoms with Gasteiger partial charge in [-0.2, -0.15) is 10.2 Å². The molecule has 0 radical (unpaired) electrons. The lowest BCUT2D eigenvalue weighted by Crippen LogP contribution is -2.32. The molecule has 0 unspecified atom stereocenters. The highest BCUT2D eigenvalue weighted by atomic mass is 35.5. The smallest absolute Gasteiger partial charge is 0.343 e. The van der Waals surface area contributed by atoms with Gasteiger partial charge in [-0.3, -0.25) is 5.21 Å². The van der Waals surface area contributed by atoms with Crippen LogP contribution in [0.5, 0.6) is 0 Å². The normalized spacial score (nSPS) is 11.4. The summed E-state index contributed by atoms with van der Waals surface area (Å²) in [7, 11) is -3.83. The maximum atomic E-state index is 11.6. The van der Waals surface area contributed by atoms with E-state index in [4.69, 9.17) is 27.6 Å². The molecule has 0 saturated carbocycles. The van der Waals surface area contributed by atoms with Crippen molar-refractivity contribution in [1.82, 2.24) is 9.78 Å². The average molecular weight is 498 g/mol. The Morgan fingerprint density at radius 2 is 1.62 bits per heavy atom. The number of hydrogen-bond acceptors (Lipinski definition) is 5. The molecular formula is C23H20ClN5O4S. The maximum Gasteiger partial charge on any atom is 0.343 e. The second kappa shape index (κ2) is 8.92. The molecule has 0 bridgehead atoms. The highest BCUT2D eigenvalue weighted by Gasteiger charge is 2.16. The molecule has 2 amide bonds. The number of sulfonamides is 1. The zero-order valence-electron chi connectivity index (χ0n) is 17.9. The summed E-state index contributed by atoms with van der Waals surface area (Å²) in [5.74, 6) is 0. The lowest BCUT2D eigenvalue weighted by molar-refractivity contribution is 0.212. The molecule has 0 saturated heterocycles. The number of carbonyl (C=O) groups excluding carboxylic acids is 1. The first-order valence-electron chi connectivity index (χ1n) is 9.93. The number of nitrogens with two attached hydrogens (primary N) is 2. The zero-order valence-corrected chi connectivity index (χ0v) is 19.5. The fourth-order valence-corrected chi connectivity index (χ4v) is 4.05. The number of benzene rings is 3. The zero-order chi connectivity index (χ0) is 24.6. The largest absolute Gasteiger partial charge is 0.349 e. The van der Waals surface area contributed by atoms with Crippen molar-refractivity contribution in [2.45, 2.75) is 11.8 Å². The van der Waals surface area contributed by atoms with E-state index < -0.39 is 16.1 Å². The van der Waals surface area contributed by atoms with Crippen molar-refractivity contribution >= 4 is 33.3 Å². The van der Waals surface area contributed by atoms with Gasteiger partial charge in [-0.25, -0.2) is 23.0 Å². The van der Waals surface area contributed by atoms with Gasteiger partial charge in [-0.05, 0) is 61.0 Å². The van der Waals surface area contributed by atoms with Crippen LogP contribution in [0.2, 0.25) is 5.02 Å². The number of carbonyl (C=O) groups is 1. The molecule has 4 aromatic rings. The van der Waals surface area contributed by atoms with Gasteiger partial charge in [0.05, 0.1) is 27.7 Å². The molecule has 0 spiro atoms. The second-order valence-corrected chi connectivity index (χ2v) is 9.50. The predicted octanol–water partition coefficient (Wildman–Crippen LogP) is 4.09. The quantitative estimate of drug-likeness (QED) is 0.281. The fraction of sp³-hybridized carbons (Fsp3) is 0.0435. The molecule has 11 heteroatoms. The van der Waals surface area contributed by atoms with Crippen LogP contribution in [-0.2, 0) is 10.0 Å². The van der Waals surface area contributed by atoms with Gasteiger partial charge in [-0.15, -0.1) is 0 Å². The summed E-state index contributed by atoms with van der Waals surface area (Å²) in [6.07, 6.45) is 0. The van der Waals surface area contributed by atoms with Crippen LogP contribution in [0.4, 0.5) is 10.5 Å². The number of primary amides is 1. The first-order valence-corrected chi connectivity index (χ1v) is 11.9. The van der Waals surface area contributed by atoms with Crippen molar-refractivity contribution in [1.29, 1.82) is 0 Å². The molecule has 34 heavy (non-hydrogen) atoms. The van der Waals surface area contributed by atoms with E-state index in [1.165, 1.54) is 24.3 Å². The number of rotatable bonds is 5. The Hall–Kier alpha value is -3.70. The molecule has 0 aliphatic heterocycles. The standard InChI is InChI=1S/C23H20ClN5O4S/c1-14-2-3-16(12-20(14)24)22-13-21(15-4-6-18(7-5-15)29(31)23(25)30)27-28(22)17-8-10-19(11-9-17)34(26,32)33/h2-13,31H,1H3,(H2,25,30)(H2,26,32,33). The van der Waals surface area contributed by atoms with E-state index in [1.54, 1.807) is 28.9 Å². The number of halogens is 1. The van der Waals surface area contributed by atoms with E-state index in [-0.39, 0.29) is 10.6 Å². The lowest BCUT2D eigenvalue weighted by Gasteiger charge is -2.11. The number of hydrogen-bond donors (Lipinski definition) is 3. The summed E-state index contributed by atoms with van der Waals surface area (Å²) in [4.78, 5) is 11.2. The summed E-state index contributed by atoms with van der Waals surface area (Å²) in [5, 5.41) is 20.6. The number of anilines is 1. The molecule has 0 fully saturated rings. The second-order valence-electron chi connectivity index (χ2n) is 7.53. The van der Waals surface area contributed by atoms with E-state index in [9.17, 15) is 18.4 Å². The molecular weight excluding hydrogens is 478 g/mol. The fourth-order valence-electron chi connectivity index (χ4n) is 3.35. The minimum Gasteiger partial charge on any atom is -0.349 e. The van der Waals surface area contributed by atoms with Crippen molar-refractivity contribution < 1.29 is 18.4 Å². The number of amides is 2. The predicted molar refractivity (Wildman–Crippen MR) is 129 cm³/mol. The SMILES string of the molecule is Cc1ccc(-c2cc(-c3ccc(N(O)C(N)=O)cc3)nn2-c2ccc(S(N)(=O)=O)cc2)cc1Cl. The Labute approximate surface area is 200 Å². The summed E-state index contributed by atoms with van der Waals surface area (Å²) in [6, 6.07) is 19.0. The molecule has 4 rings (SSSR count). The van der Waals surface area contributed by atoms with Crippen molar-refractivity contribution in [2.24, 2.45) is 10.9 Å². The van der Waals surface area contributed by atoms with E-state index in [2.05, 4.69) is 0 Å². The Morgan fingerprint density at radius 3 is 2.18 bits per heavy atom. The summed E-state index contributed by atoms with van der Waals surface area (Å²) >= 11 is 6.35. The van der Waals surface area contributed by atoms with Crippen molar-refractivity contribution in [3.05, 3.63) is 83.4 Å². The Morgan fingerprint density at radius 1 is 1.00 bits per heavy atom. The van der Waals surface area contributed by atoms with Gasteiger partial charge in [0.2, 0.25) is 10.0 Å². The summed E-state index contributed by atoms with van der Waals surface area (Å²) in [6.45, 7) is 1.90. The van der Waals surface area contributed by atoms with E-state index in [0.717, 1.165) is 11.1 Å². The third kappa shape index (κ3) is 4.66. The minimum absolute atomic E-state index is 0.0119. The van der Waals surface area contributed by atoms with Crippen LogP contribution in [0.3, 0.4) is 0 Å². The minimum atomic E-state index is -3.83. The summed E-state index contributed by atoms with van der Waals surface area (Å²) < 4.78 is 24.9. The molecule has 0 atom stereocenters. The van der Waals surface area contributed by atoms with Crippen molar-refractivity contribution in [3.8, 4) is 28.2 Å². The molecule has 0 aliphatic carbocycles. The number of urea groups is 1. The maximum absolute atomic E-state index is 11.6. The van der Waals surface area contributed by atoms with Crippen molar-refractivity contribution in [2.75, 3.05) is 5.06 Å². The van der Waals surface area contributed by atoms with E-state index in [1.807, 2.05) is 31.2 Å². The molecule has 1 aromatic heterocycles. The van der Waals surface area contributed by atoms with Gasteiger partial charge < -0.3 is 5.73 Å². The first kappa shape index (κ1) is 23.5.